The van der Waals surface area contributed by atoms with Crippen LogP contribution in [0.3, 0.4) is 0 Å². The van der Waals surface area contributed by atoms with Gasteiger partial charge in [0.2, 0.25) is 5.91 Å². The highest BCUT2D eigenvalue weighted by Gasteiger charge is 2.12. The van der Waals surface area contributed by atoms with Gasteiger partial charge in [0.05, 0.1) is 6.42 Å². The SMILES string of the molecule is Cc1cccc(NC(=O)COC(=O)CCC(=O)Nc2ccc(Oc3ccccc3)cc2)c1C. The fourth-order valence-corrected chi connectivity index (χ4v) is 2.96. The molecule has 0 aliphatic carbocycles. The minimum Gasteiger partial charge on any atom is -0.457 e. The molecule has 0 saturated carbocycles. The van der Waals surface area contributed by atoms with Gasteiger partial charge in [0.15, 0.2) is 6.61 Å². The van der Waals surface area contributed by atoms with Crippen molar-refractivity contribution in [1.29, 1.82) is 0 Å². The highest BCUT2D eigenvalue weighted by Crippen LogP contribution is 2.22. The molecule has 0 bridgehead atoms. The molecule has 3 aromatic carbocycles. The molecule has 2 amide bonds. The Morgan fingerprint density at radius 3 is 2.15 bits per heavy atom. The van der Waals surface area contributed by atoms with E-state index < -0.39 is 18.5 Å². The summed E-state index contributed by atoms with van der Waals surface area (Å²) >= 11 is 0. The third-order valence-electron chi connectivity index (χ3n) is 4.92. The van der Waals surface area contributed by atoms with Crippen molar-refractivity contribution in [2.45, 2.75) is 26.7 Å². The summed E-state index contributed by atoms with van der Waals surface area (Å²) in [5.74, 6) is -0.0203. The van der Waals surface area contributed by atoms with Crippen LogP contribution >= 0.6 is 0 Å². The molecule has 0 aliphatic rings. The Bertz CT molecular complexity index is 1110. The van der Waals surface area contributed by atoms with E-state index in [1.54, 1.807) is 30.3 Å². The van der Waals surface area contributed by atoms with Crippen molar-refractivity contribution >= 4 is 29.2 Å². The Labute approximate surface area is 192 Å². The Morgan fingerprint density at radius 1 is 0.727 bits per heavy atom. The maximum atomic E-state index is 12.1. The summed E-state index contributed by atoms with van der Waals surface area (Å²) in [4.78, 5) is 36.0. The van der Waals surface area contributed by atoms with E-state index in [2.05, 4.69) is 10.6 Å². The molecular formula is C26H26N2O5. The molecule has 0 spiro atoms. The van der Waals surface area contributed by atoms with Gasteiger partial charge in [-0.25, -0.2) is 0 Å². The number of para-hydroxylation sites is 1. The van der Waals surface area contributed by atoms with Gasteiger partial charge in [-0.15, -0.1) is 0 Å². The predicted octanol–water partition coefficient (Wildman–Crippen LogP) is 5.00. The number of carbonyl (C=O) groups is 3. The highest BCUT2D eigenvalue weighted by molar-refractivity contribution is 5.95. The number of benzene rings is 3. The van der Waals surface area contributed by atoms with Crippen molar-refractivity contribution in [3.63, 3.8) is 0 Å². The van der Waals surface area contributed by atoms with Crippen molar-refractivity contribution in [2.75, 3.05) is 17.2 Å². The Kier molecular flexibility index (Phi) is 8.18. The number of nitrogens with one attached hydrogen (secondary N) is 2. The number of rotatable bonds is 9. The first-order chi connectivity index (χ1) is 15.9. The van der Waals surface area contributed by atoms with E-state index in [0.717, 1.165) is 16.9 Å². The number of aryl methyl sites for hydroxylation is 1. The van der Waals surface area contributed by atoms with Gasteiger partial charge in [0.25, 0.3) is 5.91 Å². The van der Waals surface area contributed by atoms with Crippen LogP contribution < -0.4 is 15.4 Å². The third kappa shape index (κ3) is 7.50. The molecule has 3 rings (SSSR count). The lowest BCUT2D eigenvalue weighted by molar-refractivity contribution is -0.147. The number of carbonyl (C=O) groups excluding carboxylic acids is 3. The zero-order valence-corrected chi connectivity index (χ0v) is 18.6. The molecule has 170 valence electrons. The second kappa shape index (κ2) is 11.5. The zero-order valence-electron chi connectivity index (χ0n) is 18.6. The molecule has 0 aromatic heterocycles. The molecule has 0 saturated heterocycles. The first-order valence-electron chi connectivity index (χ1n) is 10.6. The van der Waals surface area contributed by atoms with Crippen molar-refractivity contribution in [3.05, 3.63) is 83.9 Å². The topological polar surface area (TPSA) is 93.7 Å². The monoisotopic (exact) mass is 446 g/mol. The molecule has 33 heavy (non-hydrogen) atoms. The van der Waals surface area contributed by atoms with Crippen molar-refractivity contribution < 1.29 is 23.9 Å². The molecule has 0 atom stereocenters. The van der Waals surface area contributed by atoms with E-state index in [4.69, 9.17) is 9.47 Å². The number of ether oxygens (including phenoxy) is 2. The van der Waals surface area contributed by atoms with Gasteiger partial charge < -0.3 is 20.1 Å². The summed E-state index contributed by atoms with van der Waals surface area (Å²) in [5, 5.41) is 5.43. The number of hydrogen-bond donors (Lipinski definition) is 2. The lowest BCUT2D eigenvalue weighted by atomic mass is 10.1. The second-order valence-electron chi connectivity index (χ2n) is 7.44. The van der Waals surface area contributed by atoms with Gasteiger partial charge in [0.1, 0.15) is 11.5 Å². The van der Waals surface area contributed by atoms with Gasteiger partial charge in [-0.3, -0.25) is 14.4 Å². The van der Waals surface area contributed by atoms with Crippen LogP contribution in [0.5, 0.6) is 11.5 Å². The molecule has 3 aromatic rings. The normalized spacial score (nSPS) is 10.2. The van der Waals surface area contributed by atoms with Crippen LogP contribution in [0.4, 0.5) is 11.4 Å². The Morgan fingerprint density at radius 2 is 1.42 bits per heavy atom. The van der Waals surface area contributed by atoms with E-state index in [1.165, 1.54) is 0 Å². The van der Waals surface area contributed by atoms with E-state index in [9.17, 15) is 14.4 Å². The largest absolute Gasteiger partial charge is 0.457 e. The predicted molar refractivity (Wildman–Crippen MR) is 126 cm³/mol. The van der Waals surface area contributed by atoms with E-state index in [1.807, 2.05) is 56.3 Å². The Hall–Kier alpha value is -4.13. The smallest absolute Gasteiger partial charge is 0.306 e. The van der Waals surface area contributed by atoms with Crippen LogP contribution in [0.1, 0.15) is 24.0 Å². The first-order valence-corrected chi connectivity index (χ1v) is 10.6. The molecule has 0 fully saturated rings. The van der Waals surface area contributed by atoms with Crippen LogP contribution in [0.15, 0.2) is 72.8 Å². The minimum absolute atomic E-state index is 0.0558. The highest BCUT2D eigenvalue weighted by atomic mass is 16.5. The molecule has 7 nitrogen and oxygen atoms in total. The summed E-state index contributed by atoms with van der Waals surface area (Å²) in [6, 6.07) is 21.8. The van der Waals surface area contributed by atoms with Crippen LogP contribution in [0.2, 0.25) is 0 Å². The van der Waals surface area contributed by atoms with E-state index >= 15 is 0 Å². The summed E-state index contributed by atoms with van der Waals surface area (Å²) in [6.07, 6.45) is -0.183. The average Bonchev–Trinajstić information content (AvgIpc) is 2.81. The summed E-state index contributed by atoms with van der Waals surface area (Å²) in [7, 11) is 0. The van der Waals surface area contributed by atoms with E-state index in [0.29, 0.717) is 17.1 Å². The maximum absolute atomic E-state index is 12.1. The molecule has 0 aliphatic heterocycles. The minimum atomic E-state index is -0.618. The summed E-state index contributed by atoms with van der Waals surface area (Å²) in [6.45, 7) is 3.44. The first kappa shape index (κ1) is 23.5. The number of anilines is 2. The Balaban J connectivity index is 1.37. The van der Waals surface area contributed by atoms with Gasteiger partial charge >= 0.3 is 5.97 Å². The van der Waals surface area contributed by atoms with Crippen molar-refractivity contribution in [1.82, 2.24) is 0 Å². The molecule has 0 unspecified atom stereocenters. The summed E-state index contributed by atoms with van der Waals surface area (Å²) in [5.41, 5.74) is 3.26. The fourth-order valence-electron chi connectivity index (χ4n) is 2.96. The quantitative estimate of drug-likeness (QED) is 0.451. The van der Waals surface area contributed by atoms with Gasteiger partial charge in [-0.05, 0) is 67.4 Å². The van der Waals surface area contributed by atoms with Crippen molar-refractivity contribution in [3.8, 4) is 11.5 Å². The second-order valence-corrected chi connectivity index (χ2v) is 7.44. The zero-order chi connectivity index (χ0) is 23.6. The molecular weight excluding hydrogens is 420 g/mol. The van der Waals surface area contributed by atoms with Gasteiger partial charge in [-0.2, -0.15) is 0 Å². The number of esters is 1. The summed E-state index contributed by atoms with van der Waals surface area (Å²) < 4.78 is 10.7. The van der Waals surface area contributed by atoms with Gasteiger partial charge in [0, 0.05) is 17.8 Å². The van der Waals surface area contributed by atoms with Crippen LogP contribution in [0, 0.1) is 13.8 Å². The standard InChI is InChI=1S/C26H26N2O5/c1-18-7-6-10-23(19(18)2)28-25(30)17-32-26(31)16-15-24(29)27-20-11-13-22(14-12-20)33-21-8-4-3-5-9-21/h3-14H,15-17H2,1-2H3,(H,27,29)(H,28,30). The number of hydrogen-bond acceptors (Lipinski definition) is 5. The van der Waals surface area contributed by atoms with Crippen molar-refractivity contribution in [2.24, 2.45) is 0 Å². The van der Waals surface area contributed by atoms with Crippen LogP contribution in [-0.2, 0) is 19.1 Å². The molecule has 0 heterocycles. The molecule has 0 radical (unpaired) electrons. The lowest BCUT2D eigenvalue weighted by Gasteiger charge is -2.11. The third-order valence-corrected chi connectivity index (χ3v) is 4.92. The van der Waals surface area contributed by atoms with Crippen LogP contribution in [0.25, 0.3) is 0 Å². The van der Waals surface area contributed by atoms with Gasteiger partial charge in [-0.1, -0.05) is 30.3 Å². The molecule has 2 N–H and O–H groups in total. The lowest BCUT2D eigenvalue weighted by Crippen LogP contribution is -2.22. The average molecular weight is 447 g/mol. The number of amides is 2. The fraction of sp³-hybridized carbons (Fsp3) is 0.192. The van der Waals surface area contributed by atoms with Crippen LogP contribution in [-0.4, -0.2) is 24.4 Å². The molecule has 7 heteroatoms. The maximum Gasteiger partial charge on any atom is 0.306 e. The van der Waals surface area contributed by atoms with E-state index in [-0.39, 0.29) is 18.7 Å².